The minimum absolute atomic E-state index is 0.216. The van der Waals surface area contributed by atoms with E-state index >= 15 is 0 Å². The standard InChI is InChI=1S/C19H22N2O4/c1-13(21(22)23)19-16-12-18(25-3)17(24-2)11-14(16)9-10-20(19)15-7-5-4-6-8-15/h4-8,11-13,19H,9-10H2,1-3H3/t13?,19-/m0/s1. The van der Waals surface area contributed by atoms with Crippen molar-refractivity contribution in [2.24, 2.45) is 0 Å². The number of nitrogens with zero attached hydrogens (tertiary/aromatic N) is 2. The number of benzene rings is 2. The Morgan fingerprint density at radius 3 is 2.40 bits per heavy atom. The minimum Gasteiger partial charge on any atom is -0.493 e. The summed E-state index contributed by atoms with van der Waals surface area (Å²) in [6.07, 6.45) is 0.797. The first-order valence-corrected chi connectivity index (χ1v) is 8.26. The van der Waals surface area contributed by atoms with Gasteiger partial charge in [-0.2, -0.15) is 0 Å². The van der Waals surface area contributed by atoms with Gasteiger partial charge in [0.05, 0.1) is 14.2 Å². The lowest BCUT2D eigenvalue weighted by Gasteiger charge is -2.39. The molecule has 1 heterocycles. The molecule has 6 heteroatoms. The van der Waals surface area contributed by atoms with E-state index in [1.165, 1.54) is 0 Å². The number of para-hydroxylation sites is 1. The molecule has 0 radical (unpaired) electrons. The van der Waals surface area contributed by atoms with Gasteiger partial charge in [0.15, 0.2) is 11.5 Å². The second-order valence-electron chi connectivity index (χ2n) is 6.16. The molecule has 0 N–H and O–H groups in total. The maximum Gasteiger partial charge on any atom is 0.234 e. The number of rotatable bonds is 5. The molecule has 0 saturated carbocycles. The second-order valence-corrected chi connectivity index (χ2v) is 6.16. The zero-order valence-corrected chi connectivity index (χ0v) is 14.6. The highest BCUT2D eigenvalue weighted by molar-refractivity contribution is 5.56. The molecule has 0 saturated heterocycles. The molecular weight excluding hydrogens is 320 g/mol. The summed E-state index contributed by atoms with van der Waals surface area (Å²) in [6.45, 7) is 2.38. The number of hydrogen-bond acceptors (Lipinski definition) is 5. The van der Waals surface area contributed by atoms with Crippen LogP contribution in [0.4, 0.5) is 5.69 Å². The van der Waals surface area contributed by atoms with Gasteiger partial charge < -0.3 is 14.4 Å². The molecule has 0 spiro atoms. The Morgan fingerprint density at radius 2 is 1.80 bits per heavy atom. The van der Waals surface area contributed by atoms with Gasteiger partial charge >= 0.3 is 0 Å². The number of nitro groups is 1. The Morgan fingerprint density at radius 1 is 1.16 bits per heavy atom. The van der Waals surface area contributed by atoms with E-state index in [1.807, 2.05) is 42.5 Å². The first kappa shape index (κ1) is 17.1. The number of methoxy groups -OCH3 is 2. The van der Waals surface area contributed by atoms with Gasteiger partial charge in [0.2, 0.25) is 6.04 Å². The van der Waals surface area contributed by atoms with Crippen LogP contribution in [0.1, 0.15) is 24.1 Å². The summed E-state index contributed by atoms with van der Waals surface area (Å²) < 4.78 is 10.8. The van der Waals surface area contributed by atoms with Gasteiger partial charge in [0, 0.05) is 24.1 Å². The van der Waals surface area contributed by atoms with Crippen LogP contribution in [0.15, 0.2) is 42.5 Å². The fourth-order valence-corrected chi connectivity index (χ4v) is 3.52. The summed E-state index contributed by atoms with van der Waals surface area (Å²) in [5.74, 6) is 1.25. The summed E-state index contributed by atoms with van der Waals surface area (Å²) in [4.78, 5) is 13.5. The van der Waals surface area contributed by atoms with E-state index in [9.17, 15) is 10.1 Å². The van der Waals surface area contributed by atoms with Crippen molar-refractivity contribution in [2.75, 3.05) is 25.7 Å². The van der Waals surface area contributed by atoms with E-state index in [2.05, 4.69) is 4.90 Å². The Labute approximate surface area is 147 Å². The number of ether oxygens (including phenoxy) is 2. The van der Waals surface area contributed by atoms with Crippen molar-refractivity contribution < 1.29 is 14.4 Å². The zero-order chi connectivity index (χ0) is 18.0. The van der Waals surface area contributed by atoms with Crippen molar-refractivity contribution >= 4 is 5.69 Å². The maximum atomic E-state index is 11.6. The number of fused-ring (bicyclic) bond motifs is 1. The van der Waals surface area contributed by atoms with Crippen LogP contribution in [0.5, 0.6) is 11.5 Å². The average molecular weight is 342 g/mol. The van der Waals surface area contributed by atoms with Crippen LogP contribution < -0.4 is 14.4 Å². The molecule has 0 aliphatic carbocycles. The van der Waals surface area contributed by atoms with E-state index in [-0.39, 0.29) is 11.0 Å². The predicted molar refractivity (Wildman–Crippen MR) is 96.2 cm³/mol. The molecule has 0 bridgehead atoms. The molecule has 2 aromatic carbocycles. The molecule has 6 nitrogen and oxygen atoms in total. The van der Waals surface area contributed by atoms with Crippen molar-refractivity contribution in [1.29, 1.82) is 0 Å². The number of anilines is 1. The normalized spacial score (nSPS) is 17.6. The monoisotopic (exact) mass is 342 g/mol. The third-order valence-electron chi connectivity index (χ3n) is 4.80. The van der Waals surface area contributed by atoms with Gasteiger partial charge in [-0.1, -0.05) is 18.2 Å². The summed E-state index contributed by atoms with van der Waals surface area (Å²) in [6, 6.07) is 12.5. The van der Waals surface area contributed by atoms with E-state index < -0.39 is 6.04 Å². The molecule has 1 unspecified atom stereocenters. The largest absolute Gasteiger partial charge is 0.493 e. The smallest absolute Gasteiger partial charge is 0.234 e. The molecule has 0 aromatic heterocycles. The molecule has 1 aliphatic heterocycles. The van der Waals surface area contributed by atoms with Crippen LogP contribution in [-0.2, 0) is 6.42 Å². The highest BCUT2D eigenvalue weighted by Gasteiger charge is 2.38. The highest BCUT2D eigenvalue weighted by Crippen LogP contribution is 2.41. The van der Waals surface area contributed by atoms with Gasteiger partial charge in [-0.3, -0.25) is 10.1 Å². The van der Waals surface area contributed by atoms with Crippen LogP contribution in [0.3, 0.4) is 0 Å². The fourth-order valence-electron chi connectivity index (χ4n) is 3.52. The second kappa shape index (κ2) is 7.01. The van der Waals surface area contributed by atoms with Crippen LogP contribution in [0.25, 0.3) is 0 Å². The third-order valence-corrected chi connectivity index (χ3v) is 4.80. The van der Waals surface area contributed by atoms with Crippen LogP contribution in [0.2, 0.25) is 0 Å². The molecule has 3 rings (SSSR count). The topological polar surface area (TPSA) is 64.8 Å². The van der Waals surface area contributed by atoms with Gasteiger partial charge in [-0.15, -0.1) is 0 Å². The van der Waals surface area contributed by atoms with Crippen molar-refractivity contribution in [3.05, 3.63) is 63.7 Å². The molecule has 2 aromatic rings. The molecule has 25 heavy (non-hydrogen) atoms. The quantitative estimate of drug-likeness (QED) is 0.615. The van der Waals surface area contributed by atoms with Crippen molar-refractivity contribution in [3.63, 3.8) is 0 Å². The summed E-state index contributed by atoms with van der Waals surface area (Å²) in [5, 5.41) is 11.6. The Hall–Kier alpha value is -2.76. The van der Waals surface area contributed by atoms with Crippen LogP contribution in [-0.4, -0.2) is 31.7 Å². The van der Waals surface area contributed by atoms with Crippen molar-refractivity contribution in [2.45, 2.75) is 25.4 Å². The third kappa shape index (κ3) is 3.12. The molecule has 0 amide bonds. The van der Waals surface area contributed by atoms with Crippen molar-refractivity contribution in [3.8, 4) is 11.5 Å². The van der Waals surface area contributed by atoms with E-state index in [0.29, 0.717) is 11.5 Å². The van der Waals surface area contributed by atoms with Gasteiger partial charge in [0.25, 0.3) is 0 Å². The highest BCUT2D eigenvalue weighted by atomic mass is 16.6. The van der Waals surface area contributed by atoms with E-state index in [4.69, 9.17) is 9.47 Å². The van der Waals surface area contributed by atoms with Crippen molar-refractivity contribution in [1.82, 2.24) is 0 Å². The van der Waals surface area contributed by atoms with E-state index in [0.717, 1.165) is 29.8 Å². The summed E-state index contributed by atoms with van der Waals surface area (Å²) >= 11 is 0. The van der Waals surface area contributed by atoms with Crippen LogP contribution in [0, 0.1) is 10.1 Å². The lowest BCUT2D eigenvalue weighted by atomic mass is 9.88. The zero-order valence-electron chi connectivity index (χ0n) is 14.6. The van der Waals surface area contributed by atoms with Gasteiger partial charge in [-0.25, -0.2) is 0 Å². The number of hydrogen-bond donors (Lipinski definition) is 0. The molecule has 0 fully saturated rings. The first-order chi connectivity index (χ1) is 12.1. The summed E-state index contributed by atoms with van der Waals surface area (Å²) in [5.41, 5.74) is 2.99. The average Bonchev–Trinajstić information content (AvgIpc) is 2.65. The van der Waals surface area contributed by atoms with Crippen LogP contribution >= 0.6 is 0 Å². The molecule has 1 aliphatic rings. The Bertz CT molecular complexity index is 764. The first-order valence-electron chi connectivity index (χ1n) is 8.26. The lowest BCUT2D eigenvalue weighted by molar-refractivity contribution is -0.522. The van der Waals surface area contributed by atoms with Gasteiger partial charge in [0.1, 0.15) is 6.04 Å². The Kier molecular flexibility index (Phi) is 4.79. The molecule has 132 valence electrons. The molecule has 2 atom stereocenters. The summed E-state index contributed by atoms with van der Waals surface area (Å²) in [7, 11) is 3.18. The fraction of sp³-hybridized carbons (Fsp3) is 0.368. The lowest BCUT2D eigenvalue weighted by Crippen LogP contribution is -2.43. The predicted octanol–water partition coefficient (Wildman–Crippen LogP) is 3.47. The van der Waals surface area contributed by atoms with Gasteiger partial charge in [-0.05, 0) is 41.8 Å². The maximum absolute atomic E-state index is 11.6. The molecular formula is C19H22N2O4. The minimum atomic E-state index is -0.752. The van der Waals surface area contributed by atoms with E-state index in [1.54, 1.807) is 21.1 Å². The Balaban J connectivity index is 2.13. The SMILES string of the molecule is COc1cc2c(cc1OC)[C@H](C(C)[N+](=O)[O-])N(c1ccccc1)CC2.